The maximum atomic E-state index is 9.93. The van der Waals surface area contributed by atoms with Crippen LogP contribution in [0.1, 0.15) is 66.4 Å². The summed E-state index contributed by atoms with van der Waals surface area (Å²) >= 11 is 0. The summed E-state index contributed by atoms with van der Waals surface area (Å²) in [5.41, 5.74) is 0.789. The maximum Gasteiger partial charge on any atom is 0.0620 e. The third kappa shape index (κ3) is 16.1. The van der Waals surface area contributed by atoms with Crippen LogP contribution >= 0.6 is 0 Å². The van der Waals surface area contributed by atoms with Gasteiger partial charge in [-0.25, -0.2) is 0 Å². The van der Waals surface area contributed by atoms with Gasteiger partial charge in [-0.3, -0.25) is 0 Å². The Kier molecular flexibility index (Phi) is 19.6. The van der Waals surface area contributed by atoms with Gasteiger partial charge in [-0.15, -0.1) is 0 Å². The molecule has 1 saturated heterocycles. The summed E-state index contributed by atoms with van der Waals surface area (Å²) in [6.07, 6.45) is 4.38. The Balaban J connectivity index is 0. The van der Waals surface area contributed by atoms with Gasteiger partial charge < -0.3 is 19.8 Å². The van der Waals surface area contributed by atoms with E-state index in [-0.39, 0.29) is 25.2 Å². The van der Waals surface area contributed by atoms with Crippen molar-refractivity contribution in [3.05, 3.63) is 35.9 Å². The number of aliphatic hydroxyl groups is 2. The largest absolute Gasteiger partial charge is 0.396 e. The van der Waals surface area contributed by atoms with E-state index in [0.717, 1.165) is 51.9 Å². The molecule has 2 N–H and O–H groups in total. The molecule has 1 radical (unpaired) electrons. The Morgan fingerprint density at radius 2 is 1.66 bits per heavy atom. The molecule has 0 atom stereocenters. The first-order valence-corrected chi connectivity index (χ1v) is 11.0. The van der Waals surface area contributed by atoms with Crippen molar-refractivity contribution in [3.63, 3.8) is 0 Å². The van der Waals surface area contributed by atoms with Crippen LogP contribution in [0.3, 0.4) is 0 Å². The molecule has 0 saturated carbocycles. The van der Waals surface area contributed by atoms with Crippen LogP contribution in [-0.4, -0.2) is 59.7 Å². The van der Waals surface area contributed by atoms with Gasteiger partial charge in [0.15, 0.2) is 0 Å². The predicted molar refractivity (Wildman–Crippen MR) is 120 cm³/mol. The van der Waals surface area contributed by atoms with E-state index in [0.29, 0.717) is 12.0 Å². The van der Waals surface area contributed by atoms with Crippen LogP contribution in [0.25, 0.3) is 0 Å². The SMILES string of the molecule is CC.CC(C)OCCN1CCC(C(C)(C)O)CC1.OCCCc1ccccc1.[V]. The number of rotatable bonds is 8. The van der Waals surface area contributed by atoms with Crippen molar-refractivity contribution in [2.75, 3.05) is 32.8 Å². The molecule has 29 heavy (non-hydrogen) atoms. The smallest absolute Gasteiger partial charge is 0.0620 e. The quantitative estimate of drug-likeness (QED) is 0.616. The van der Waals surface area contributed by atoms with Crippen molar-refractivity contribution < 1.29 is 33.5 Å². The molecule has 2 rings (SSSR count). The zero-order chi connectivity index (χ0) is 21.4. The Morgan fingerprint density at radius 1 is 1.10 bits per heavy atom. The van der Waals surface area contributed by atoms with E-state index >= 15 is 0 Å². The molecule has 0 spiro atoms. The first-order valence-electron chi connectivity index (χ1n) is 11.0. The molecule has 1 aromatic rings. The minimum Gasteiger partial charge on any atom is -0.396 e. The fraction of sp³-hybridized carbons (Fsp3) is 0.750. The molecule has 0 aromatic heterocycles. The van der Waals surface area contributed by atoms with Crippen LogP contribution in [0.15, 0.2) is 30.3 Å². The Morgan fingerprint density at radius 3 is 2.10 bits per heavy atom. The average Bonchev–Trinajstić information content (AvgIpc) is 2.69. The standard InChI is InChI=1S/C13H27NO2.C9H12O.C2H6.V/c1-11(2)16-10-9-14-7-5-12(6-8-14)13(3,4)15;10-8-4-7-9-5-2-1-3-6-9;1-2;/h11-12,15H,5-10H2,1-4H3;1-3,5-6,10H,4,7-8H2;1-2H3;. The monoisotopic (exact) mass is 446 g/mol. The van der Waals surface area contributed by atoms with Crippen LogP contribution < -0.4 is 0 Å². The number of nitrogens with zero attached hydrogens (tertiary/aromatic N) is 1. The van der Waals surface area contributed by atoms with Crippen LogP contribution in [-0.2, 0) is 29.7 Å². The van der Waals surface area contributed by atoms with E-state index in [2.05, 4.69) is 30.9 Å². The Bertz CT molecular complexity index is 455. The van der Waals surface area contributed by atoms with E-state index in [1.165, 1.54) is 5.56 Å². The fourth-order valence-electron chi connectivity index (χ4n) is 3.21. The molecule has 1 aliphatic heterocycles. The number of ether oxygens (including phenoxy) is 1. The fourth-order valence-corrected chi connectivity index (χ4v) is 3.21. The summed E-state index contributed by atoms with van der Waals surface area (Å²) in [4.78, 5) is 2.44. The van der Waals surface area contributed by atoms with E-state index < -0.39 is 5.60 Å². The number of piperidine rings is 1. The van der Waals surface area contributed by atoms with Crippen LogP contribution in [0.2, 0.25) is 0 Å². The van der Waals surface area contributed by atoms with Crippen molar-refractivity contribution in [2.45, 2.75) is 78.9 Å². The second kappa shape index (κ2) is 18.4. The minimum atomic E-state index is -0.513. The molecule has 1 fully saturated rings. The number of hydrogen-bond acceptors (Lipinski definition) is 4. The molecule has 5 heteroatoms. The molecule has 0 unspecified atom stereocenters. The number of likely N-dealkylation sites (tertiary alicyclic amines) is 1. The molecular formula is C24H45NO3V. The van der Waals surface area contributed by atoms with Gasteiger partial charge in [0.25, 0.3) is 0 Å². The predicted octanol–water partition coefficient (Wildman–Crippen LogP) is 4.53. The van der Waals surface area contributed by atoms with Crippen molar-refractivity contribution in [1.82, 2.24) is 4.90 Å². The number of aryl methyl sites for hydroxylation is 1. The molecule has 1 aromatic carbocycles. The van der Waals surface area contributed by atoms with Crippen LogP contribution in [0.5, 0.6) is 0 Å². The molecule has 0 aliphatic carbocycles. The second-order valence-corrected chi connectivity index (χ2v) is 8.00. The Labute approximate surface area is 191 Å². The van der Waals surface area contributed by atoms with Gasteiger partial charge in [-0.2, -0.15) is 0 Å². The molecular weight excluding hydrogens is 401 g/mol. The summed E-state index contributed by atoms with van der Waals surface area (Å²) in [6, 6.07) is 10.2. The molecule has 4 nitrogen and oxygen atoms in total. The van der Waals surface area contributed by atoms with Gasteiger partial charge in [-0.1, -0.05) is 44.2 Å². The third-order valence-corrected chi connectivity index (χ3v) is 4.91. The summed E-state index contributed by atoms with van der Waals surface area (Å²) < 4.78 is 5.55. The first kappa shape index (κ1) is 30.8. The summed E-state index contributed by atoms with van der Waals surface area (Å²) in [5.74, 6) is 0.453. The van der Waals surface area contributed by atoms with Crippen molar-refractivity contribution >= 4 is 0 Å². The molecule has 169 valence electrons. The van der Waals surface area contributed by atoms with E-state index in [9.17, 15) is 5.11 Å². The first-order chi connectivity index (χ1) is 13.3. The summed E-state index contributed by atoms with van der Waals surface area (Å²) in [7, 11) is 0. The van der Waals surface area contributed by atoms with E-state index in [1.54, 1.807) is 0 Å². The molecule has 1 aliphatic rings. The van der Waals surface area contributed by atoms with Gasteiger partial charge in [0.05, 0.1) is 18.3 Å². The number of benzene rings is 1. The van der Waals surface area contributed by atoms with Gasteiger partial charge in [0.2, 0.25) is 0 Å². The van der Waals surface area contributed by atoms with Crippen molar-refractivity contribution in [3.8, 4) is 0 Å². The zero-order valence-corrected chi connectivity index (χ0v) is 21.0. The molecule has 0 bridgehead atoms. The number of aliphatic hydroxyl groups excluding tert-OH is 1. The Hall–Kier alpha value is -0.356. The third-order valence-electron chi connectivity index (χ3n) is 4.91. The van der Waals surface area contributed by atoms with Crippen molar-refractivity contribution in [1.29, 1.82) is 0 Å². The summed E-state index contributed by atoms with van der Waals surface area (Å²) in [5, 5.41) is 18.5. The zero-order valence-electron chi connectivity index (χ0n) is 19.6. The topological polar surface area (TPSA) is 52.9 Å². The van der Waals surface area contributed by atoms with Gasteiger partial charge in [0.1, 0.15) is 0 Å². The minimum absolute atomic E-state index is 0. The summed E-state index contributed by atoms with van der Waals surface area (Å²) in [6.45, 7) is 16.3. The van der Waals surface area contributed by atoms with Gasteiger partial charge in [-0.05, 0) is 77.9 Å². The normalized spacial score (nSPS) is 14.9. The molecule has 1 heterocycles. The maximum absolute atomic E-state index is 9.93. The van der Waals surface area contributed by atoms with Crippen LogP contribution in [0, 0.1) is 5.92 Å². The van der Waals surface area contributed by atoms with Gasteiger partial charge >= 0.3 is 0 Å². The molecule has 0 amide bonds. The van der Waals surface area contributed by atoms with Gasteiger partial charge in [0, 0.05) is 31.7 Å². The second-order valence-electron chi connectivity index (χ2n) is 8.00. The van der Waals surface area contributed by atoms with E-state index in [1.807, 2.05) is 45.9 Å². The van der Waals surface area contributed by atoms with Crippen molar-refractivity contribution in [2.24, 2.45) is 5.92 Å². The average molecular weight is 447 g/mol. The number of hydrogen-bond donors (Lipinski definition) is 2. The van der Waals surface area contributed by atoms with E-state index in [4.69, 9.17) is 9.84 Å². The van der Waals surface area contributed by atoms with Crippen LogP contribution in [0.4, 0.5) is 0 Å².